The number of nitrogens with zero attached hydrogens (tertiary/aromatic N) is 4. The fourth-order valence-corrected chi connectivity index (χ4v) is 2.03. The zero-order chi connectivity index (χ0) is 8.77. The Morgan fingerprint density at radius 2 is 2.42 bits per heavy atom. The molecule has 1 aromatic heterocycles. The van der Waals surface area contributed by atoms with E-state index in [0.717, 1.165) is 6.34 Å². The molecule has 0 radical (unpaired) electrons. The summed E-state index contributed by atoms with van der Waals surface area (Å²) in [4.78, 5) is 7.56. The first-order valence-corrected chi connectivity index (χ1v) is 4.61. The predicted molar refractivity (Wildman–Crippen MR) is 42.5 cm³/mol. The van der Waals surface area contributed by atoms with E-state index in [2.05, 4.69) is 14.4 Å². The van der Waals surface area contributed by atoms with Crippen LogP contribution in [0, 0.1) is 4.64 Å². The van der Waals surface area contributed by atoms with Crippen LogP contribution in [0.5, 0.6) is 0 Å². The highest BCUT2D eigenvalue weighted by Crippen LogP contribution is 1.96. The molecule has 1 aliphatic heterocycles. The molecule has 0 amide bonds. The number of fused-ring (bicyclic) bond motifs is 1. The van der Waals surface area contributed by atoms with Crippen LogP contribution in [0.1, 0.15) is 0 Å². The van der Waals surface area contributed by atoms with Gasteiger partial charge in [-0.1, -0.05) is 0 Å². The van der Waals surface area contributed by atoms with Gasteiger partial charge in [0.1, 0.15) is 6.34 Å². The van der Waals surface area contributed by atoms with Crippen molar-refractivity contribution in [2.45, 2.75) is 0 Å². The van der Waals surface area contributed by atoms with Crippen LogP contribution in [0.15, 0.2) is 15.7 Å². The standard InChI is InChI=1S/C5H6N4O2S/c1-9-3-7-4-5(9)12(10,11)8-2-6-4/h2-3H,1H3,(H,6,8,10,11). The molecule has 0 saturated heterocycles. The second kappa shape index (κ2) is 2.14. The molecule has 2 rings (SSSR count). The molecule has 0 bridgehead atoms. The van der Waals surface area contributed by atoms with Gasteiger partial charge in [0.15, 0.2) is 10.1 Å². The second-order valence-corrected chi connectivity index (χ2v) is 3.92. The molecule has 1 aliphatic rings. The summed E-state index contributed by atoms with van der Waals surface area (Å²) in [6, 6.07) is 0. The minimum absolute atomic E-state index is 0.157. The summed E-state index contributed by atoms with van der Waals surface area (Å²) in [6.45, 7) is 0. The second-order valence-electron chi connectivity index (χ2n) is 2.33. The van der Waals surface area contributed by atoms with Gasteiger partial charge in [-0.2, -0.15) is 4.40 Å². The van der Waals surface area contributed by atoms with E-state index >= 15 is 0 Å². The van der Waals surface area contributed by atoms with Gasteiger partial charge in [0.05, 0.1) is 6.33 Å². The van der Waals surface area contributed by atoms with Gasteiger partial charge in [-0.25, -0.2) is 14.2 Å². The van der Waals surface area contributed by atoms with Crippen LogP contribution in [0.4, 0.5) is 0 Å². The Bertz CT molecular complexity index is 548. The summed E-state index contributed by atoms with van der Waals surface area (Å²) in [7, 11) is -1.68. The van der Waals surface area contributed by atoms with Crippen LogP contribution < -0.4 is 5.49 Å². The van der Waals surface area contributed by atoms with Crippen molar-refractivity contribution in [1.29, 1.82) is 0 Å². The first-order chi connectivity index (χ1) is 5.61. The van der Waals surface area contributed by atoms with Crippen LogP contribution in [-0.4, -0.2) is 24.7 Å². The lowest BCUT2D eigenvalue weighted by Crippen LogP contribution is -2.15. The number of rotatable bonds is 0. The monoisotopic (exact) mass is 186 g/mol. The Morgan fingerprint density at radius 1 is 1.67 bits per heavy atom. The summed E-state index contributed by atoms with van der Waals surface area (Å²) in [5.74, 6) is 0. The molecule has 0 aromatic carbocycles. The molecule has 0 saturated carbocycles. The van der Waals surface area contributed by atoms with Crippen molar-refractivity contribution in [3.05, 3.63) is 16.5 Å². The highest BCUT2D eigenvalue weighted by Gasteiger charge is 2.09. The minimum atomic E-state index is -3.30. The first kappa shape index (κ1) is 7.44. The van der Waals surface area contributed by atoms with E-state index in [0.29, 0.717) is 0 Å². The van der Waals surface area contributed by atoms with Crippen molar-refractivity contribution in [2.24, 2.45) is 16.4 Å². The maximum Gasteiger partial charge on any atom is 0.216 e. The summed E-state index contributed by atoms with van der Waals surface area (Å²) in [5.41, 5.74) is 0.264. The smallest absolute Gasteiger partial charge is 0.216 e. The normalized spacial score (nSPS) is 26.5. The van der Waals surface area contributed by atoms with Crippen LogP contribution in [0.25, 0.3) is 0 Å². The van der Waals surface area contributed by atoms with Crippen molar-refractivity contribution in [3.8, 4) is 0 Å². The Kier molecular flexibility index (Phi) is 1.33. The molecule has 0 spiro atoms. The SMILES string of the molecule is Cn1cnc2c1=S(=O)(O)N=CN=2. The van der Waals surface area contributed by atoms with E-state index < -0.39 is 9.99 Å². The van der Waals surface area contributed by atoms with Crippen LogP contribution in [0.2, 0.25) is 0 Å². The van der Waals surface area contributed by atoms with Gasteiger partial charge in [0.25, 0.3) is 0 Å². The molecule has 7 heteroatoms. The summed E-state index contributed by atoms with van der Waals surface area (Å²) in [6.07, 6.45) is 2.48. The maximum atomic E-state index is 11.3. The zero-order valence-electron chi connectivity index (χ0n) is 6.21. The van der Waals surface area contributed by atoms with Gasteiger partial charge in [-0.05, 0) is 0 Å². The highest BCUT2D eigenvalue weighted by molar-refractivity contribution is 7.88. The number of aryl methyl sites for hydroxylation is 1. The third-order valence-electron chi connectivity index (χ3n) is 1.49. The van der Waals surface area contributed by atoms with E-state index in [1.165, 1.54) is 10.9 Å². The molecule has 1 atom stereocenters. The van der Waals surface area contributed by atoms with Gasteiger partial charge in [0.2, 0.25) is 9.99 Å². The van der Waals surface area contributed by atoms with Crippen LogP contribution in [0.3, 0.4) is 0 Å². The third kappa shape index (κ3) is 0.868. The first-order valence-electron chi connectivity index (χ1n) is 3.14. The molecular weight excluding hydrogens is 180 g/mol. The zero-order valence-corrected chi connectivity index (χ0v) is 7.02. The quantitative estimate of drug-likeness (QED) is 0.528. The van der Waals surface area contributed by atoms with Gasteiger partial charge in [-0.15, -0.1) is 0 Å². The van der Waals surface area contributed by atoms with Gasteiger partial charge < -0.3 is 4.57 Å². The number of aromatic nitrogens is 2. The number of hydrogen-bond donors (Lipinski definition) is 1. The Balaban J connectivity index is 3.24. The Morgan fingerprint density at radius 3 is 3.08 bits per heavy atom. The molecule has 1 aromatic rings. The molecule has 6 nitrogen and oxygen atoms in total. The van der Waals surface area contributed by atoms with Gasteiger partial charge >= 0.3 is 0 Å². The van der Waals surface area contributed by atoms with E-state index in [1.54, 1.807) is 7.05 Å². The molecule has 0 aliphatic carbocycles. The molecule has 64 valence electrons. The lowest BCUT2D eigenvalue weighted by molar-refractivity contribution is 0.554. The van der Waals surface area contributed by atoms with E-state index in [9.17, 15) is 8.76 Å². The van der Waals surface area contributed by atoms with E-state index in [-0.39, 0.29) is 10.1 Å². The van der Waals surface area contributed by atoms with Gasteiger partial charge in [-0.3, -0.25) is 4.55 Å². The minimum Gasteiger partial charge on any atom is -0.322 e. The largest absolute Gasteiger partial charge is 0.322 e. The van der Waals surface area contributed by atoms with Crippen molar-refractivity contribution in [2.75, 3.05) is 0 Å². The molecular formula is C5H6N4O2S. The predicted octanol–water partition coefficient (Wildman–Crippen LogP) is -0.995. The van der Waals surface area contributed by atoms with E-state index in [1.807, 2.05) is 0 Å². The highest BCUT2D eigenvalue weighted by atomic mass is 32.2. The maximum absolute atomic E-state index is 11.3. The molecule has 2 heterocycles. The fraction of sp³-hybridized carbons (Fsp3) is 0.200. The summed E-state index contributed by atoms with van der Waals surface area (Å²) >= 11 is 0. The van der Waals surface area contributed by atoms with Crippen molar-refractivity contribution in [1.82, 2.24) is 9.55 Å². The van der Waals surface area contributed by atoms with Crippen LogP contribution in [-0.2, 0) is 17.0 Å². The molecule has 0 fully saturated rings. The lowest BCUT2D eigenvalue weighted by Gasteiger charge is -1.97. The fourth-order valence-electron chi connectivity index (χ4n) is 0.994. The van der Waals surface area contributed by atoms with E-state index in [4.69, 9.17) is 0 Å². The Labute approximate surface area is 68.3 Å². The molecule has 1 unspecified atom stereocenters. The van der Waals surface area contributed by atoms with Gasteiger partial charge in [0, 0.05) is 7.05 Å². The summed E-state index contributed by atoms with van der Waals surface area (Å²) < 4.78 is 25.6. The molecule has 1 N–H and O–H groups in total. The Hall–Kier alpha value is -1.21. The third-order valence-corrected chi connectivity index (χ3v) is 2.84. The number of hydrogen-bond acceptors (Lipinski definition) is 3. The molecule has 12 heavy (non-hydrogen) atoms. The average molecular weight is 186 g/mol. The van der Waals surface area contributed by atoms with Crippen molar-refractivity contribution >= 4 is 16.3 Å². The van der Waals surface area contributed by atoms with Crippen LogP contribution >= 0.6 is 0 Å². The lowest BCUT2D eigenvalue weighted by atomic mass is 10.8. The number of imidazole rings is 1. The average Bonchev–Trinajstić information content (AvgIpc) is 2.32. The topological polar surface area (TPSA) is 79.8 Å². The van der Waals surface area contributed by atoms with Crippen molar-refractivity contribution < 1.29 is 8.76 Å². The van der Waals surface area contributed by atoms with Crippen molar-refractivity contribution in [3.63, 3.8) is 0 Å². The summed E-state index contributed by atoms with van der Waals surface area (Å²) in [5, 5.41) is 0.